The molecule has 33 heavy (non-hydrogen) atoms. The molecule has 0 saturated heterocycles. The summed E-state index contributed by atoms with van der Waals surface area (Å²) in [4.78, 5) is 2.20. The second kappa shape index (κ2) is 9.91. The van der Waals surface area contributed by atoms with E-state index in [-0.39, 0.29) is 5.92 Å². The molecule has 0 N–H and O–H groups in total. The van der Waals surface area contributed by atoms with Gasteiger partial charge in [-0.1, -0.05) is 128 Å². The highest BCUT2D eigenvalue weighted by molar-refractivity contribution is 7.80. The van der Waals surface area contributed by atoms with Gasteiger partial charge in [0.25, 0.3) is 0 Å². The van der Waals surface area contributed by atoms with Crippen LogP contribution in [0.5, 0.6) is 0 Å². The summed E-state index contributed by atoms with van der Waals surface area (Å²) in [5.74, 6) is 0.0588. The molecule has 4 rings (SSSR count). The van der Waals surface area contributed by atoms with E-state index in [4.69, 9.17) is 0 Å². The zero-order valence-corrected chi connectivity index (χ0v) is 20.5. The molecule has 0 aliphatic heterocycles. The van der Waals surface area contributed by atoms with Gasteiger partial charge in [0.15, 0.2) is 7.14 Å². The molecule has 4 aromatic carbocycles. The van der Waals surface area contributed by atoms with Crippen molar-refractivity contribution in [3.8, 4) is 0 Å². The van der Waals surface area contributed by atoms with Crippen LogP contribution in [0, 0.1) is 5.92 Å². The Labute approximate surface area is 198 Å². The lowest BCUT2D eigenvalue weighted by Crippen LogP contribution is -2.45. The lowest BCUT2D eigenvalue weighted by molar-refractivity contribution is 0.300. The van der Waals surface area contributed by atoms with Crippen molar-refractivity contribution in [3.05, 3.63) is 132 Å². The summed E-state index contributed by atoms with van der Waals surface area (Å²) in [7, 11) is 0.933. The van der Waals surface area contributed by atoms with E-state index >= 15 is 4.57 Å². The summed E-state index contributed by atoms with van der Waals surface area (Å²) in [5, 5.41) is 1.02. The molecule has 0 aromatic heterocycles. The zero-order chi connectivity index (χ0) is 23.3. The number of hydrogen-bond donors (Lipinski definition) is 0. The van der Waals surface area contributed by atoms with Gasteiger partial charge in [-0.3, -0.25) is 0 Å². The van der Waals surface area contributed by atoms with Crippen LogP contribution < -0.4 is 10.6 Å². The van der Waals surface area contributed by atoms with Gasteiger partial charge in [-0.2, -0.15) is 0 Å². The Morgan fingerprint density at radius 3 is 1.30 bits per heavy atom. The maximum atomic E-state index is 16.0. The molecule has 0 heterocycles. The lowest BCUT2D eigenvalue weighted by Gasteiger charge is -2.47. The van der Waals surface area contributed by atoms with Crippen LogP contribution in [-0.4, -0.2) is 25.5 Å². The molecular formula is C30H32NOP. The zero-order valence-electron chi connectivity index (χ0n) is 19.6. The molecule has 0 aliphatic rings. The average molecular weight is 454 g/mol. The molecule has 0 fully saturated rings. The van der Waals surface area contributed by atoms with Crippen LogP contribution in [0.15, 0.2) is 121 Å². The van der Waals surface area contributed by atoms with Crippen LogP contribution in [0.4, 0.5) is 0 Å². The van der Waals surface area contributed by atoms with E-state index in [2.05, 4.69) is 74.4 Å². The van der Waals surface area contributed by atoms with E-state index in [1.165, 1.54) is 0 Å². The Kier molecular flexibility index (Phi) is 6.98. The molecule has 3 heteroatoms. The third-order valence-corrected chi connectivity index (χ3v) is 10.5. The van der Waals surface area contributed by atoms with E-state index in [0.29, 0.717) is 0 Å². The van der Waals surface area contributed by atoms with Crippen LogP contribution >= 0.6 is 7.14 Å². The molecule has 0 bridgehead atoms. The standard InChI is InChI=1S/C30H32NOP/c1-25(24-31(2)3)30(26-16-8-4-9-17-26,27-18-10-5-11-19-27)33(32,28-20-12-6-13-21-28)29-22-14-7-15-23-29/h4-23,25H,24H2,1-3H3. The highest BCUT2D eigenvalue weighted by Gasteiger charge is 2.55. The predicted molar refractivity (Wildman–Crippen MR) is 141 cm³/mol. The summed E-state index contributed by atoms with van der Waals surface area (Å²) >= 11 is 0. The molecule has 1 unspecified atom stereocenters. The maximum absolute atomic E-state index is 16.0. The first-order valence-electron chi connectivity index (χ1n) is 11.5. The smallest absolute Gasteiger partial charge is 0.157 e. The first-order chi connectivity index (χ1) is 16.0. The molecular weight excluding hydrogens is 421 g/mol. The molecule has 0 amide bonds. The van der Waals surface area contributed by atoms with E-state index in [0.717, 1.165) is 28.3 Å². The molecule has 1 atom stereocenters. The largest absolute Gasteiger partial charge is 0.312 e. The van der Waals surface area contributed by atoms with Crippen molar-refractivity contribution in [2.75, 3.05) is 20.6 Å². The van der Waals surface area contributed by atoms with Gasteiger partial charge in [0.2, 0.25) is 0 Å². The maximum Gasteiger partial charge on any atom is 0.157 e. The molecule has 0 aliphatic carbocycles. The second-order valence-corrected chi connectivity index (χ2v) is 11.9. The van der Waals surface area contributed by atoms with Crippen molar-refractivity contribution in [2.24, 2.45) is 5.92 Å². The van der Waals surface area contributed by atoms with Crippen LogP contribution in [0.3, 0.4) is 0 Å². The summed E-state index contributed by atoms with van der Waals surface area (Å²) in [6, 6.07) is 41.1. The number of hydrogen-bond acceptors (Lipinski definition) is 2. The fraction of sp³-hybridized carbons (Fsp3) is 0.200. The topological polar surface area (TPSA) is 20.3 Å². The SMILES string of the molecule is CC(CN(C)C)C(c1ccccc1)(c1ccccc1)P(=O)(c1ccccc1)c1ccccc1. The van der Waals surface area contributed by atoms with Crippen molar-refractivity contribution in [3.63, 3.8) is 0 Å². The van der Waals surface area contributed by atoms with E-state index < -0.39 is 12.3 Å². The first kappa shape index (κ1) is 23.2. The fourth-order valence-corrected chi connectivity index (χ4v) is 9.33. The van der Waals surface area contributed by atoms with Crippen molar-refractivity contribution in [1.82, 2.24) is 4.90 Å². The van der Waals surface area contributed by atoms with Gasteiger partial charge in [-0.25, -0.2) is 0 Å². The fourth-order valence-electron chi connectivity index (χ4n) is 5.31. The Hall–Kier alpha value is -2.93. The Morgan fingerprint density at radius 2 is 0.970 bits per heavy atom. The van der Waals surface area contributed by atoms with Gasteiger partial charge in [0.05, 0.1) is 5.16 Å². The summed E-state index contributed by atoms with van der Waals surface area (Å²) in [6.07, 6.45) is 0. The summed E-state index contributed by atoms with van der Waals surface area (Å²) in [5.41, 5.74) is 2.17. The average Bonchev–Trinajstić information content (AvgIpc) is 2.86. The van der Waals surface area contributed by atoms with Crippen molar-refractivity contribution >= 4 is 17.8 Å². The van der Waals surface area contributed by atoms with Crippen LogP contribution in [0.25, 0.3) is 0 Å². The Balaban J connectivity index is 2.19. The third kappa shape index (κ3) is 4.10. The van der Waals surface area contributed by atoms with Gasteiger partial charge < -0.3 is 9.46 Å². The van der Waals surface area contributed by atoms with Crippen molar-refractivity contribution in [2.45, 2.75) is 12.1 Å². The normalized spacial score (nSPS) is 13.1. The van der Waals surface area contributed by atoms with Gasteiger partial charge >= 0.3 is 0 Å². The molecule has 0 radical (unpaired) electrons. The molecule has 0 spiro atoms. The van der Waals surface area contributed by atoms with Gasteiger partial charge in [-0.05, 0) is 31.1 Å². The molecule has 4 aromatic rings. The van der Waals surface area contributed by atoms with Crippen LogP contribution in [-0.2, 0) is 9.72 Å². The van der Waals surface area contributed by atoms with Gasteiger partial charge in [0.1, 0.15) is 0 Å². The highest BCUT2D eigenvalue weighted by Crippen LogP contribution is 2.67. The number of benzene rings is 4. The van der Waals surface area contributed by atoms with E-state index in [1.54, 1.807) is 0 Å². The summed E-state index contributed by atoms with van der Waals surface area (Å²) < 4.78 is 16.0. The lowest BCUT2D eigenvalue weighted by atomic mass is 9.80. The van der Waals surface area contributed by atoms with Crippen molar-refractivity contribution in [1.29, 1.82) is 0 Å². The first-order valence-corrected chi connectivity index (χ1v) is 13.2. The van der Waals surface area contributed by atoms with Gasteiger partial charge in [0, 0.05) is 17.2 Å². The summed E-state index contributed by atoms with van der Waals surface area (Å²) in [6.45, 7) is 3.05. The van der Waals surface area contributed by atoms with Crippen molar-refractivity contribution < 1.29 is 4.57 Å². The van der Waals surface area contributed by atoms with Crippen LogP contribution in [0.1, 0.15) is 18.1 Å². The Morgan fingerprint density at radius 1 is 0.636 bits per heavy atom. The van der Waals surface area contributed by atoms with Crippen LogP contribution in [0.2, 0.25) is 0 Å². The predicted octanol–water partition coefficient (Wildman–Crippen LogP) is 6.14. The quantitative estimate of drug-likeness (QED) is 0.299. The minimum atomic E-state index is -3.25. The van der Waals surface area contributed by atoms with Gasteiger partial charge in [-0.15, -0.1) is 0 Å². The second-order valence-electron chi connectivity index (χ2n) is 8.94. The molecule has 2 nitrogen and oxygen atoms in total. The minimum Gasteiger partial charge on any atom is -0.312 e. The highest BCUT2D eigenvalue weighted by atomic mass is 31.2. The van der Waals surface area contributed by atoms with E-state index in [9.17, 15) is 0 Å². The number of nitrogens with zero attached hydrogens (tertiary/aromatic N) is 1. The minimum absolute atomic E-state index is 0.0588. The molecule has 0 saturated carbocycles. The number of rotatable bonds is 8. The Bertz CT molecular complexity index is 1110. The van der Waals surface area contributed by atoms with E-state index in [1.807, 2.05) is 72.8 Å². The third-order valence-electron chi connectivity index (χ3n) is 6.52. The monoisotopic (exact) mass is 453 g/mol. The molecule has 168 valence electrons.